The van der Waals surface area contributed by atoms with Gasteiger partial charge in [-0.05, 0) is 97.9 Å². The fourth-order valence-corrected chi connectivity index (χ4v) is 7.32. The van der Waals surface area contributed by atoms with Gasteiger partial charge in [-0.3, -0.25) is 19.2 Å². The smallest absolute Gasteiger partial charge is 0.300 e. The highest BCUT2D eigenvalue weighted by atomic mass is 32.2. The monoisotopic (exact) mass is 622 g/mol. The summed E-state index contributed by atoms with van der Waals surface area (Å²) in [6.07, 6.45) is -1.37. The average Bonchev–Trinajstić information content (AvgIpc) is 3.47. The van der Waals surface area contributed by atoms with Gasteiger partial charge in [-0.2, -0.15) is 31.4 Å². The first kappa shape index (κ1) is 29.7. The summed E-state index contributed by atoms with van der Waals surface area (Å²) in [6, 6.07) is 6.94. The molecule has 2 atom stereocenters. The van der Waals surface area contributed by atoms with Crippen molar-refractivity contribution < 1.29 is 35.9 Å². The lowest BCUT2D eigenvalue weighted by Gasteiger charge is -2.45. The van der Waals surface area contributed by atoms with Gasteiger partial charge in [0.05, 0.1) is 34.3 Å². The van der Waals surface area contributed by atoms with E-state index >= 15 is 0 Å². The highest BCUT2D eigenvalue weighted by Gasteiger charge is 2.41. The molecular formula is C30H28F6N4O2S. The minimum Gasteiger partial charge on any atom is -0.300 e. The zero-order valence-corrected chi connectivity index (χ0v) is 23.7. The summed E-state index contributed by atoms with van der Waals surface area (Å²) in [5, 5.41) is 4.43. The number of thioether (sulfide) groups is 1. The van der Waals surface area contributed by atoms with E-state index in [9.17, 15) is 35.9 Å². The Morgan fingerprint density at radius 2 is 1.72 bits per heavy atom. The van der Waals surface area contributed by atoms with Crippen LogP contribution in [0.2, 0.25) is 0 Å². The quantitative estimate of drug-likeness (QED) is 0.219. The van der Waals surface area contributed by atoms with Crippen molar-refractivity contribution in [2.24, 2.45) is 5.92 Å². The van der Waals surface area contributed by atoms with Crippen LogP contribution in [0.3, 0.4) is 0 Å². The van der Waals surface area contributed by atoms with Crippen molar-refractivity contribution >= 4 is 39.9 Å². The Kier molecular flexibility index (Phi) is 7.82. The zero-order chi connectivity index (χ0) is 30.5. The molecule has 228 valence electrons. The van der Waals surface area contributed by atoms with Gasteiger partial charge in [0.15, 0.2) is 0 Å². The number of amides is 2. The summed E-state index contributed by atoms with van der Waals surface area (Å²) in [4.78, 5) is 30.2. The molecule has 0 bridgehead atoms. The molecule has 0 aliphatic carbocycles. The number of carbonyl (C=O) groups excluding carboxylic acids is 2. The number of fused-ring (bicyclic) bond motifs is 2. The standard InChI is InChI=1S/C30H28F6N4O2S/c31-29(32,33)22-8-7-19(23(14-22)30(34,35)36)17-40-25-9-6-18(12-21(25)15-37-40)13-26-27(41)39(28(42)43-26)16-20-4-3-11-38-10-2-1-5-24(20)38/h6-9,12-15,20,24H,1-5,10-11,16-17H2/t20?,24-/m1/s1. The Bertz CT molecular complexity index is 1600. The first-order chi connectivity index (χ1) is 20.4. The minimum atomic E-state index is -4.98. The van der Waals surface area contributed by atoms with Crippen molar-refractivity contribution in [2.75, 3.05) is 19.6 Å². The maximum atomic E-state index is 13.6. The SMILES string of the molecule is O=C1SC(=Cc2ccc3c(cnn3Cc3ccc(C(F)(F)F)cc3C(F)(F)F)c2)C(=O)N1CC1CCCN2CCCC[C@H]12. The van der Waals surface area contributed by atoms with E-state index in [2.05, 4.69) is 10.00 Å². The van der Waals surface area contributed by atoms with E-state index in [1.807, 2.05) is 0 Å². The molecule has 43 heavy (non-hydrogen) atoms. The van der Waals surface area contributed by atoms with Gasteiger partial charge in [-0.15, -0.1) is 0 Å². The maximum absolute atomic E-state index is 13.6. The third kappa shape index (κ3) is 6.06. The lowest BCUT2D eigenvalue weighted by Crippen LogP contribution is -2.51. The van der Waals surface area contributed by atoms with Gasteiger partial charge in [0.2, 0.25) is 0 Å². The summed E-state index contributed by atoms with van der Waals surface area (Å²) in [7, 11) is 0. The van der Waals surface area contributed by atoms with Crippen LogP contribution in [0.25, 0.3) is 17.0 Å². The van der Waals surface area contributed by atoms with Crippen LogP contribution in [0.15, 0.2) is 47.5 Å². The van der Waals surface area contributed by atoms with E-state index in [-0.39, 0.29) is 28.7 Å². The molecule has 3 fully saturated rings. The van der Waals surface area contributed by atoms with Crippen molar-refractivity contribution in [1.29, 1.82) is 0 Å². The van der Waals surface area contributed by atoms with E-state index in [1.165, 1.54) is 22.2 Å². The van der Waals surface area contributed by atoms with Gasteiger partial charge in [0.1, 0.15) is 0 Å². The molecule has 6 rings (SSSR count). The van der Waals surface area contributed by atoms with Crippen LogP contribution in [0, 0.1) is 5.92 Å². The van der Waals surface area contributed by atoms with E-state index in [0.29, 0.717) is 40.0 Å². The van der Waals surface area contributed by atoms with Crippen LogP contribution >= 0.6 is 11.8 Å². The van der Waals surface area contributed by atoms with Gasteiger partial charge in [0.25, 0.3) is 11.1 Å². The van der Waals surface area contributed by atoms with Gasteiger partial charge in [0, 0.05) is 18.0 Å². The molecule has 0 radical (unpaired) electrons. The van der Waals surface area contributed by atoms with E-state index in [4.69, 9.17) is 0 Å². The number of piperidine rings is 2. The molecule has 3 aliphatic rings. The number of alkyl halides is 6. The van der Waals surface area contributed by atoms with E-state index in [0.717, 1.165) is 56.6 Å². The Labute approximate surface area is 247 Å². The average molecular weight is 623 g/mol. The zero-order valence-electron chi connectivity index (χ0n) is 22.9. The number of hydrogen-bond donors (Lipinski definition) is 0. The molecule has 2 amide bonds. The highest BCUT2D eigenvalue weighted by molar-refractivity contribution is 8.18. The van der Waals surface area contributed by atoms with Gasteiger partial charge < -0.3 is 4.90 Å². The van der Waals surface area contributed by atoms with Crippen LogP contribution in [0.1, 0.15) is 54.4 Å². The molecule has 0 saturated carbocycles. The van der Waals surface area contributed by atoms with Crippen LogP contribution in [0.5, 0.6) is 0 Å². The Morgan fingerprint density at radius 1 is 0.930 bits per heavy atom. The van der Waals surface area contributed by atoms with Crippen LogP contribution in [-0.2, 0) is 23.7 Å². The number of rotatable bonds is 5. The van der Waals surface area contributed by atoms with Gasteiger partial charge in [-0.25, -0.2) is 0 Å². The second kappa shape index (κ2) is 11.3. The first-order valence-electron chi connectivity index (χ1n) is 14.1. The molecule has 13 heteroatoms. The van der Waals surface area contributed by atoms with Gasteiger partial charge >= 0.3 is 12.4 Å². The van der Waals surface area contributed by atoms with Crippen molar-refractivity contribution in [3.63, 3.8) is 0 Å². The summed E-state index contributed by atoms with van der Waals surface area (Å²) < 4.78 is 81.3. The second-order valence-corrected chi connectivity index (χ2v) is 12.3. The molecule has 0 N–H and O–H groups in total. The predicted molar refractivity (Wildman–Crippen MR) is 150 cm³/mol. The summed E-state index contributed by atoms with van der Waals surface area (Å²) in [5.41, 5.74) is -2.02. The normalized spacial score (nSPS) is 23.0. The van der Waals surface area contributed by atoms with Crippen LogP contribution < -0.4 is 0 Å². The lowest BCUT2D eigenvalue weighted by molar-refractivity contribution is -0.143. The molecule has 1 unspecified atom stereocenters. The Morgan fingerprint density at radius 3 is 2.49 bits per heavy atom. The molecule has 3 saturated heterocycles. The molecule has 4 heterocycles. The number of aromatic nitrogens is 2. The van der Waals surface area contributed by atoms with Crippen molar-refractivity contribution in [3.05, 3.63) is 69.8 Å². The number of hydrogen-bond acceptors (Lipinski definition) is 5. The maximum Gasteiger partial charge on any atom is 0.416 e. The third-order valence-corrected chi connectivity index (χ3v) is 9.45. The largest absolute Gasteiger partial charge is 0.416 e. The molecule has 6 nitrogen and oxygen atoms in total. The summed E-state index contributed by atoms with van der Waals surface area (Å²) >= 11 is 0.891. The predicted octanol–water partition coefficient (Wildman–Crippen LogP) is 7.42. The Balaban J connectivity index is 1.20. The van der Waals surface area contributed by atoms with Crippen molar-refractivity contribution in [3.8, 4) is 0 Å². The number of imide groups is 1. The molecule has 2 aromatic carbocycles. The first-order valence-corrected chi connectivity index (χ1v) is 14.9. The summed E-state index contributed by atoms with van der Waals surface area (Å²) in [5.74, 6) is -0.0766. The molecule has 3 aliphatic heterocycles. The van der Waals surface area contributed by atoms with Crippen molar-refractivity contribution in [1.82, 2.24) is 19.6 Å². The fourth-order valence-electron chi connectivity index (χ4n) is 6.47. The number of nitrogens with zero attached hydrogens (tertiary/aromatic N) is 4. The van der Waals surface area contributed by atoms with E-state index < -0.39 is 30.0 Å². The topological polar surface area (TPSA) is 58.4 Å². The van der Waals surface area contributed by atoms with Crippen LogP contribution in [-0.4, -0.2) is 56.4 Å². The molecular weight excluding hydrogens is 594 g/mol. The van der Waals surface area contributed by atoms with Crippen molar-refractivity contribution in [2.45, 2.75) is 57.0 Å². The third-order valence-electron chi connectivity index (χ3n) is 8.55. The van der Waals surface area contributed by atoms with E-state index in [1.54, 1.807) is 24.3 Å². The Hall–Kier alpha value is -3.32. The highest BCUT2D eigenvalue weighted by Crippen LogP contribution is 2.39. The van der Waals surface area contributed by atoms with Crippen LogP contribution in [0.4, 0.5) is 31.1 Å². The molecule has 1 aromatic heterocycles. The van der Waals surface area contributed by atoms with Gasteiger partial charge in [-0.1, -0.05) is 18.6 Å². The minimum absolute atomic E-state index is 0.117. The molecule has 0 spiro atoms. The number of benzene rings is 2. The number of carbonyl (C=O) groups is 2. The summed E-state index contributed by atoms with van der Waals surface area (Å²) in [6.45, 7) is 2.14. The molecule has 3 aromatic rings. The fraction of sp³-hybridized carbons (Fsp3) is 0.433. The number of halogens is 6. The second-order valence-electron chi connectivity index (χ2n) is 11.3. The lowest BCUT2D eigenvalue weighted by atomic mass is 9.83.